The first-order chi connectivity index (χ1) is 12.5. The summed E-state index contributed by atoms with van der Waals surface area (Å²) in [5.41, 5.74) is 3.06. The van der Waals surface area contributed by atoms with Crippen molar-refractivity contribution in [2.45, 2.75) is 6.18 Å². The summed E-state index contributed by atoms with van der Waals surface area (Å²) in [7, 11) is 0. The van der Waals surface area contributed by atoms with Crippen molar-refractivity contribution in [3.8, 4) is 0 Å². The molecule has 0 unspecified atom stereocenters. The molecule has 0 aromatic heterocycles. The van der Waals surface area contributed by atoms with Gasteiger partial charge in [-0.2, -0.15) is 13.2 Å². The minimum Gasteiger partial charge on any atom is -0.298 e. The lowest BCUT2D eigenvalue weighted by molar-refractivity contribution is -0.137. The van der Waals surface area contributed by atoms with Gasteiger partial charge >= 0.3 is 6.18 Å². The highest BCUT2D eigenvalue weighted by Gasteiger charge is 2.30. The second-order valence-corrected chi connectivity index (χ2v) is 5.78. The molecule has 1 nitrogen and oxygen atoms in total. The van der Waals surface area contributed by atoms with Gasteiger partial charge in [0.15, 0.2) is 0 Å². The fraction of sp³-hybridized carbons (Fsp3) is 0.0455. The van der Waals surface area contributed by atoms with Crippen molar-refractivity contribution < 1.29 is 18.0 Å². The highest BCUT2D eigenvalue weighted by atomic mass is 19.4. The second-order valence-electron chi connectivity index (χ2n) is 5.78. The molecule has 4 heteroatoms. The van der Waals surface area contributed by atoms with E-state index in [1.165, 1.54) is 12.1 Å². The van der Waals surface area contributed by atoms with Crippen molar-refractivity contribution in [2.75, 3.05) is 0 Å². The van der Waals surface area contributed by atoms with Crippen LogP contribution in [0.1, 0.15) is 32.6 Å². The van der Waals surface area contributed by atoms with Gasteiger partial charge in [0.25, 0.3) is 0 Å². The lowest BCUT2D eigenvalue weighted by Gasteiger charge is -2.12. The molecular formula is C22H15F3O. The number of carbonyl (C=O) groups excluding carboxylic acids is 1. The van der Waals surface area contributed by atoms with Gasteiger partial charge in [0.2, 0.25) is 0 Å². The number of hydrogen-bond donors (Lipinski definition) is 0. The first-order valence-corrected chi connectivity index (χ1v) is 7.97. The quantitative estimate of drug-likeness (QED) is 0.409. The second kappa shape index (κ2) is 7.40. The lowest BCUT2D eigenvalue weighted by atomic mass is 9.94. The molecular weight excluding hydrogens is 337 g/mol. The van der Waals surface area contributed by atoms with Gasteiger partial charge in [0, 0.05) is 5.56 Å². The van der Waals surface area contributed by atoms with Crippen LogP contribution in [0.5, 0.6) is 0 Å². The minimum absolute atomic E-state index is 0.542. The number of hydrogen-bond acceptors (Lipinski definition) is 1. The molecule has 0 atom stereocenters. The third-order valence-corrected chi connectivity index (χ3v) is 3.99. The highest BCUT2D eigenvalue weighted by molar-refractivity contribution is 5.92. The normalized spacial score (nSPS) is 12.0. The maximum atomic E-state index is 12.8. The Kier molecular flexibility index (Phi) is 5.03. The van der Waals surface area contributed by atoms with Crippen molar-refractivity contribution in [3.05, 3.63) is 107 Å². The van der Waals surface area contributed by atoms with Crippen molar-refractivity contribution in [3.63, 3.8) is 0 Å². The molecule has 0 radical (unpaired) electrons. The van der Waals surface area contributed by atoms with Crippen molar-refractivity contribution in [1.82, 2.24) is 0 Å². The summed E-state index contributed by atoms with van der Waals surface area (Å²) >= 11 is 0. The fourth-order valence-corrected chi connectivity index (χ4v) is 2.63. The summed E-state index contributed by atoms with van der Waals surface area (Å²) in [6, 6.07) is 21.6. The Hall–Kier alpha value is -3.14. The van der Waals surface area contributed by atoms with Gasteiger partial charge in [-0.25, -0.2) is 0 Å². The monoisotopic (exact) mass is 352 g/mol. The van der Waals surface area contributed by atoms with Gasteiger partial charge in [0.05, 0.1) is 5.56 Å². The molecule has 3 aromatic rings. The number of benzene rings is 3. The first kappa shape index (κ1) is 17.7. The number of alkyl halides is 3. The van der Waals surface area contributed by atoms with Crippen LogP contribution >= 0.6 is 0 Å². The van der Waals surface area contributed by atoms with E-state index in [0.29, 0.717) is 11.1 Å². The fourth-order valence-electron chi connectivity index (χ4n) is 2.63. The molecule has 0 aliphatic carbocycles. The Morgan fingerprint density at radius 2 is 1.23 bits per heavy atom. The molecule has 0 aliphatic rings. The molecule has 0 aliphatic heterocycles. The zero-order valence-corrected chi connectivity index (χ0v) is 13.7. The zero-order valence-electron chi connectivity index (χ0n) is 13.7. The van der Waals surface area contributed by atoms with E-state index in [2.05, 4.69) is 0 Å². The van der Waals surface area contributed by atoms with Gasteiger partial charge in [-0.3, -0.25) is 4.79 Å². The zero-order chi connectivity index (χ0) is 18.6. The van der Waals surface area contributed by atoms with E-state index in [-0.39, 0.29) is 0 Å². The number of rotatable bonds is 4. The highest BCUT2D eigenvalue weighted by Crippen LogP contribution is 2.32. The van der Waals surface area contributed by atoms with Crippen LogP contribution in [-0.2, 0) is 6.18 Å². The minimum atomic E-state index is -4.37. The van der Waals surface area contributed by atoms with Crippen LogP contribution in [0.3, 0.4) is 0 Å². The Morgan fingerprint density at radius 1 is 0.692 bits per heavy atom. The summed E-state index contributed by atoms with van der Waals surface area (Å²) in [6.07, 6.45) is -1.70. The maximum absolute atomic E-state index is 12.8. The van der Waals surface area contributed by atoms with E-state index in [0.717, 1.165) is 35.1 Å². The summed E-state index contributed by atoms with van der Waals surface area (Å²) < 4.78 is 38.5. The molecule has 0 N–H and O–H groups in total. The topological polar surface area (TPSA) is 17.1 Å². The van der Waals surface area contributed by atoms with Gasteiger partial charge in [-0.05, 0) is 40.5 Å². The SMILES string of the molecule is O=Cc1ccc(/C(=C\c2ccccc2)c2ccc(C(F)(F)F)cc2)cc1. The van der Waals surface area contributed by atoms with Crippen molar-refractivity contribution >= 4 is 17.9 Å². The smallest absolute Gasteiger partial charge is 0.298 e. The van der Waals surface area contributed by atoms with E-state index >= 15 is 0 Å². The maximum Gasteiger partial charge on any atom is 0.416 e. The largest absolute Gasteiger partial charge is 0.416 e. The van der Waals surface area contributed by atoms with Gasteiger partial charge in [-0.15, -0.1) is 0 Å². The predicted molar refractivity (Wildman–Crippen MR) is 96.7 cm³/mol. The van der Waals surface area contributed by atoms with E-state index in [1.54, 1.807) is 24.3 Å². The third kappa shape index (κ3) is 4.09. The molecule has 0 heterocycles. The number of carbonyl (C=O) groups is 1. The number of aldehydes is 1. The molecule has 0 bridgehead atoms. The third-order valence-electron chi connectivity index (χ3n) is 3.99. The van der Waals surface area contributed by atoms with Gasteiger partial charge in [0.1, 0.15) is 6.29 Å². The van der Waals surface area contributed by atoms with E-state index < -0.39 is 11.7 Å². The van der Waals surface area contributed by atoms with E-state index in [4.69, 9.17) is 0 Å². The molecule has 3 rings (SSSR count). The van der Waals surface area contributed by atoms with E-state index in [9.17, 15) is 18.0 Å². The molecule has 0 amide bonds. The van der Waals surface area contributed by atoms with E-state index in [1.807, 2.05) is 36.4 Å². The molecule has 0 saturated carbocycles. The molecule has 3 aromatic carbocycles. The van der Waals surface area contributed by atoms with Crippen LogP contribution in [0, 0.1) is 0 Å². The molecule has 0 saturated heterocycles. The van der Waals surface area contributed by atoms with Crippen molar-refractivity contribution in [1.29, 1.82) is 0 Å². The Labute approximate surface area is 149 Å². The average molecular weight is 352 g/mol. The van der Waals surface area contributed by atoms with Crippen LogP contribution in [-0.4, -0.2) is 6.29 Å². The lowest BCUT2D eigenvalue weighted by Crippen LogP contribution is -2.04. The molecule has 26 heavy (non-hydrogen) atoms. The average Bonchev–Trinajstić information content (AvgIpc) is 2.66. The summed E-state index contributed by atoms with van der Waals surface area (Å²) in [4.78, 5) is 10.9. The predicted octanol–water partition coefficient (Wildman–Crippen LogP) is 6.11. The van der Waals surface area contributed by atoms with Gasteiger partial charge < -0.3 is 0 Å². The summed E-state index contributed by atoms with van der Waals surface area (Å²) in [6.45, 7) is 0. The number of halogens is 3. The molecule has 130 valence electrons. The van der Waals surface area contributed by atoms with Crippen LogP contribution in [0.25, 0.3) is 11.6 Å². The van der Waals surface area contributed by atoms with Crippen molar-refractivity contribution in [2.24, 2.45) is 0 Å². The first-order valence-electron chi connectivity index (χ1n) is 7.97. The van der Waals surface area contributed by atoms with Crippen LogP contribution in [0.2, 0.25) is 0 Å². The van der Waals surface area contributed by atoms with Crippen LogP contribution in [0.4, 0.5) is 13.2 Å². The molecule has 0 spiro atoms. The Morgan fingerprint density at radius 3 is 1.73 bits per heavy atom. The molecule has 0 fully saturated rings. The van der Waals surface area contributed by atoms with Crippen LogP contribution < -0.4 is 0 Å². The Balaban J connectivity index is 2.08. The van der Waals surface area contributed by atoms with Crippen LogP contribution in [0.15, 0.2) is 78.9 Å². The summed E-state index contributed by atoms with van der Waals surface area (Å²) in [5.74, 6) is 0. The Bertz CT molecular complexity index is 906. The summed E-state index contributed by atoms with van der Waals surface area (Å²) in [5, 5.41) is 0. The standard InChI is InChI=1S/C22H15F3O/c23-22(24,25)20-12-10-19(11-13-20)21(14-16-4-2-1-3-5-16)18-8-6-17(15-26)7-9-18/h1-15H/b21-14+. The van der Waals surface area contributed by atoms with Gasteiger partial charge in [-0.1, -0.05) is 66.7 Å².